The molecule has 6 nitrogen and oxygen atoms in total. The molecule has 3 aromatic carbocycles. The van der Waals surface area contributed by atoms with Crippen LogP contribution in [0, 0.1) is 3.57 Å². The molecule has 3 aromatic rings. The Bertz CT molecular complexity index is 984. The van der Waals surface area contributed by atoms with Crippen molar-refractivity contribution >= 4 is 34.7 Å². The van der Waals surface area contributed by atoms with Gasteiger partial charge in [0.2, 0.25) is 0 Å². The second-order valence-electron chi connectivity index (χ2n) is 6.20. The van der Waals surface area contributed by atoms with E-state index >= 15 is 0 Å². The molecular formula is C22H19IN2O4. The predicted molar refractivity (Wildman–Crippen MR) is 119 cm³/mol. The first-order valence-electron chi connectivity index (χ1n) is 8.70. The summed E-state index contributed by atoms with van der Waals surface area (Å²) in [6.45, 7) is 0. The zero-order valence-electron chi connectivity index (χ0n) is 15.5. The van der Waals surface area contributed by atoms with E-state index in [0.29, 0.717) is 26.0 Å². The van der Waals surface area contributed by atoms with Crippen molar-refractivity contribution in [1.82, 2.24) is 5.43 Å². The van der Waals surface area contributed by atoms with Gasteiger partial charge in [-0.2, -0.15) is 5.10 Å². The summed E-state index contributed by atoms with van der Waals surface area (Å²) < 4.78 is 5.70. The number of rotatable bonds is 6. The number of hydrogen-bond acceptors (Lipinski definition) is 5. The average molecular weight is 502 g/mol. The molecule has 0 atom stereocenters. The molecule has 0 aliphatic heterocycles. The van der Waals surface area contributed by atoms with Crippen molar-refractivity contribution in [3.63, 3.8) is 0 Å². The lowest BCUT2D eigenvalue weighted by molar-refractivity contribution is -0.136. The second kappa shape index (κ2) is 9.06. The normalized spacial score (nSPS) is 11.4. The first-order chi connectivity index (χ1) is 14.0. The van der Waals surface area contributed by atoms with Crippen molar-refractivity contribution in [3.8, 4) is 11.5 Å². The number of amides is 1. The van der Waals surface area contributed by atoms with Gasteiger partial charge in [0.15, 0.2) is 17.1 Å². The molecule has 0 bridgehead atoms. The third kappa shape index (κ3) is 4.41. The fourth-order valence-corrected chi connectivity index (χ4v) is 3.48. The molecule has 1 amide bonds. The van der Waals surface area contributed by atoms with Gasteiger partial charge in [-0.15, -0.1) is 0 Å². The van der Waals surface area contributed by atoms with Crippen molar-refractivity contribution in [1.29, 1.82) is 0 Å². The number of halogens is 1. The largest absolute Gasteiger partial charge is 0.504 e. The van der Waals surface area contributed by atoms with Crippen molar-refractivity contribution in [2.24, 2.45) is 5.10 Å². The molecule has 0 saturated carbocycles. The third-order valence-corrected chi connectivity index (χ3v) is 5.18. The standard InChI is InChI=1S/C22H19IN2O4/c1-29-19-13-15(12-18(23)20(19)26)14-24-25-21(27)22(28,16-8-4-2-5-9-16)17-10-6-3-7-11-17/h2-14,26,28H,1H3,(H,25,27). The number of carbonyl (C=O) groups is 1. The Labute approximate surface area is 182 Å². The number of aromatic hydroxyl groups is 1. The number of aliphatic hydroxyl groups is 1. The Kier molecular flexibility index (Phi) is 6.50. The number of ether oxygens (including phenoxy) is 1. The Balaban J connectivity index is 1.89. The minimum atomic E-state index is -1.90. The smallest absolute Gasteiger partial charge is 0.281 e. The maximum atomic E-state index is 13.0. The van der Waals surface area contributed by atoms with Gasteiger partial charge in [-0.05, 0) is 51.4 Å². The van der Waals surface area contributed by atoms with Crippen molar-refractivity contribution in [2.75, 3.05) is 7.11 Å². The number of phenols is 1. The third-order valence-electron chi connectivity index (χ3n) is 4.36. The average Bonchev–Trinajstić information content (AvgIpc) is 2.76. The second-order valence-corrected chi connectivity index (χ2v) is 7.36. The Morgan fingerprint density at radius 3 is 2.14 bits per heavy atom. The Morgan fingerprint density at radius 2 is 1.62 bits per heavy atom. The van der Waals surface area contributed by atoms with Crippen LogP contribution in [0.15, 0.2) is 77.9 Å². The van der Waals surface area contributed by atoms with Gasteiger partial charge in [0, 0.05) is 0 Å². The molecule has 0 aliphatic carbocycles. The van der Waals surface area contributed by atoms with Crippen LogP contribution < -0.4 is 10.2 Å². The molecule has 0 heterocycles. The highest BCUT2D eigenvalue weighted by atomic mass is 127. The van der Waals surface area contributed by atoms with E-state index in [-0.39, 0.29) is 5.75 Å². The van der Waals surface area contributed by atoms with E-state index in [9.17, 15) is 15.0 Å². The Hall–Kier alpha value is -2.91. The number of carbonyl (C=O) groups excluding carboxylic acids is 1. The van der Waals surface area contributed by atoms with Gasteiger partial charge in [0.25, 0.3) is 5.91 Å². The predicted octanol–water partition coefficient (Wildman–Crippen LogP) is 3.39. The zero-order valence-corrected chi connectivity index (χ0v) is 17.7. The lowest BCUT2D eigenvalue weighted by Crippen LogP contribution is -2.43. The lowest BCUT2D eigenvalue weighted by Gasteiger charge is -2.27. The topological polar surface area (TPSA) is 91.2 Å². The number of benzene rings is 3. The molecule has 3 N–H and O–H groups in total. The number of nitrogens with zero attached hydrogens (tertiary/aromatic N) is 1. The molecular weight excluding hydrogens is 483 g/mol. The van der Waals surface area contributed by atoms with Gasteiger partial charge in [0.1, 0.15) is 0 Å². The number of methoxy groups -OCH3 is 1. The minimum Gasteiger partial charge on any atom is -0.504 e. The first-order valence-corrected chi connectivity index (χ1v) is 9.78. The molecule has 148 valence electrons. The van der Waals surface area contributed by atoms with Crippen molar-refractivity contribution in [2.45, 2.75) is 5.60 Å². The van der Waals surface area contributed by atoms with E-state index in [2.05, 4.69) is 10.5 Å². The van der Waals surface area contributed by atoms with Crippen LogP contribution in [0.5, 0.6) is 11.5 Å². The number of hydrogen-bond donors (Lipinski definition) is 3. The van der Waals surface area contributed by atoms with Crippen LogP contribution >= 0.6 is 22.6 Å². The highest BCUT2D eigenvalue weighted by Crippen LogP contribution is 2.32. The van der Waals surface area contributed by atoms with E-state index in [1.807, 2.05) is 34.7 Å². The van der Waals surface area contributed by atoms with E-state index in [4.69, 9.17) is 4.74 Å². The SMILES string of the molecule is COc1cc(C=NNC(=O)C(O)(c2ccccc2)c2ccccc2)cc(I)c1O. The summed E-state index contributed by atoms with van der Waals surface area (Å²) in [5.74, 6) is -0.349. The fourth-order valence-electron chi connectivity index (χ4n) is 2.86. The van der Waals surface area contributed by atoms with Crippen LogP contribution in [0.3, 0.4) is 0 Å². The van der Waals surface area contributed by atoms with Crippen LogP contribution in [0.4, 0.5) is 0 Å². The molecule has 3 rings (SSSR count). The monoisotopic (exact) mass is 502 g/mol. The minimum absolute atomic E-state index is 0.0387. The summed E-state index contributed by atoms with van der Waals surface area (Å²) in [5.41, 5.74) is 1.99. The maximum Gasteiger partial charge on any atom is 0.281 e. The van der Waals surface area contributed by atoms with Crippen LogP contribution in [0.1, 0.15) is 16.7 Å². The number of nitrogens with one attached hydrogen (secondary N) is 1. The highest BCUT2D eigenvalue weighted by molar-refractivity contribution is 14.1. The summed E-state index contributed by atoms with van der Waals surface area (Å²) in [6, 6.07) is 20.7. The van der Waals surface area contributed by atoms with Gasteiger partial charge < -0.3 is 14.9 Å². The zero-order chi connectivity index (χ0) is 20.9. The van der Waals surface area contributed by atoms with Crippen LogP contribution in [0.25, 0.3) is 0 Å². The molecule has 0 aromatic heterocycles. The Morgan fingerprint density at radius 1 is 1.07 bits per heavy atom. The summed E-state index contributed by atoms with van der Waals surface area (Å²) >= 11 is 1.97. The molecule has 0 saturated heterocycles. The van der Waals surface area contributed by atoms with Gasteiger partial charge >= 0.3 is 0 Å². The molecule has 0 aliphatic rings. The van der Waals surface area contributed by atoms with Crippen LogP contribution in [-0.4, -0.2) is 29.4 Å². The quantitative estimate of drug-likeness (QED) is 0.274. The van der Waals surface area contributed by atoms with Gasteiger partial charge in [-0.3, -0.25) is 4.79 Å². The van der Waals surface area contributed by atoms with E-state index in [1.54, 1.807) is 60.7 Å². The summed E-state index contributed by atoms with van der Waals surface area (Å²) in [5, 5.41) is 25.2. The van der Waals surface area contributed by atoms with E-state index in [1.165, 1.54) is 13.3 Å². The fraction of sp³-hybridized carbons (Fsp3) is 0.0909. The first kappa shape index (κ1) is 20.8. The number of phenolic OH excluding ortho intramolecular Hbond substituents is 1. The van der Waals surface area contributed by atoms with Gasteiger partial charge in [0.05, 0.1) is 16.9 Å². The van der Waals surface area contributed by atoms with Crippen molar-refractivity contribution in [3.05, 3.63) is 93.1 Å². The van der Waals surface area contributed by atoms with Crippen LogP contribution in [-0.2, 0) is 10.4 Å². The van der Waals surface area contributed by atoms with Crippen LogP contribution in [0.2, 0.25) is 0 Å². The van der Waals surface area contributed by atoms with Gasteiger partial charge in [-0.25, -0.2) is 5.43 Å². The molecule has 29 heavy (non-hydrogen) atoms. The molecule has 0 spiro atoms. The summed E-state index contributed by atoms with van der Waals surface area (Å²) in [6.07, 6.45) is 1.42. The summed E-state index contributed by atoms with van der Waals surface area (Å²) in [7, 11) is 1.45. The van der Waals surface area contributed by atoms with E-state index in [0.717, 1.165) is 0 Å². The highest BCUT2D eigenvalue weighted by Gasteiger charge is 2.39. The van der Waals surface area contributed by atoms with Crippen molar-refractivity contribution < 1.29 is 19.7 Å². The van der Waals surface area contributed by atoms with Gasteiger partial charge in [-0.1, -0.05) is 60.7 Å². The molecule has 0 radical (unpaired) electrons. The molecule has 0 unspecified atom stereocenters. The van der Waals surface area contributed by atoms with E-state index < -0.39 is 11.5 Å². The molecule has 0 fully saturated rings. The number of hydrazone groups is 1. The lowest BCUT2D eigenvalue weighted by atomic mass is 9.85. The maximum absolute atomic E-state index is 13.0. The molecule has 7 heteroatoms. The summed E-state index contributed by atoms with van der Waals surface area (Å²) in [4.78, 5) is 13.0.